The number of nitro benzene ring substituents is 1. The van der Waals surface area contributed by atoms with Gasteiger partial charge in [-0.05, 0) is 42.8 Å². The van der Waals surface area contributed by atoms with Gasteiger partial charge in [0.2, 0.25) is 0 Å². The molecule has 0 bridgehead atoms. The number of rotatable bonds is 9. The standard InChI is InChI=1S/C27H23BrFN5O5/c1-3-16(2)26-32-22-10-8-18(28)13-20(22)27(36)33(26)30-14-17-12-19(34(37)38)9-11-24(17)39-15-25(35)31-23-7-5-4-6-21(23)29/h4-14,16H,3,15H2,1-2H3,(H,31,35)/t16-/m0/s1. The highest BCUT2D eigenvalue weighted by Gasteiger charge is 2.17. The molecule has 0 unspecified atom stereocenters. The molecule has 4 aromatic rings. The number of nitrogens with one attached hydrogen (secondary N) is 1. The third-order valence-electron chi connectivity index (χ3n) is 5.91. The quantitative estimate of drug-likeness (QED) is 0.152. The van der Waals surface area contributed by atoms with Crippen molar-refractivity contribution in [2.24, 2.45) is 5.10 Å². The summed E-state index contributed by atoms with van der Waals surface area (Å²) >= 11 is 3.36. The van der Waals surface area contributed by atoms with E-state index in [1.54, 1.807) is 24.3 Å². The number of hydrogen-bond acceptors (Lipinski definition) is 7. The van der Waals surface area contributed by atoms with Crippen LogP contribution in [0.1, 0.15) is 37.6 Å². The molecule has 0 saturated heterocycles. The van der Waals surface area contributed by atoms with Gasteiger partial charge in [-0.15, -0.1) is 0 Å². The smallest absolute Gasteiger partial charge is 0.282 e. The van der Waals surface area contributed by atoms with Crippen LogP contribution in [0.4, 0.5) is 15.8 Å². The highest BCUT2D eigenvalue weighted by atomic mass is 79.9. The maximum atomic E-state index is 13.9. The van der Waals surface area contributed by atoms with Crippen LogP contribution >= 0.6 is 15.9 Å². The number of carbonyl (C=O) groups is 1. The first-order valence-electron chi connectivity index (χ1n) is 11.9. The molecule has 4 rings (SSSR count). The number of hydrogen-bond donors (Lipinski definition) is 1. The predicted molar refractivity (Wildman–Crippen MR) is 149 cm³/mol. The molecule has 1 amide bonds. The van der Waals surface area contributed by atoms with Crippen molar-refractivity contribution in [3.8, 4) is 5.75 Å². The Kier molecular flexibility index (Phi) is 8.45. The number of amides is 1. The van der Waals surface area contributed by atoms with E-state index in [2.05, 4.69) is 31.3 Å². The zero-order valence-corrected chi connectivity index (χ0v) is 22.5. The van der Waals surface area contributed by atoms with Crippen LogP contribution in [-0.4, -0.2) is 33.3 Å². The third kappa shape index (κ3) is 6.34. The van der Waals surface area contributed by atoms with Gasteiger partial charge in [0.05, 0.1) is 27.7 Å². The monoisotopic (exact) mass is 595 g/mol. The van der Waals surface area contributed by atoms with E-state index in [4.69, 9.17) is 4.74 Å². The van der Waals surface area contributed by atoms with Crippen molar-refractivity contribution in [1.82, 2.24) is 9.66 Å². The van der Waals surface area contributed by atoms with Crippen LogP contribution in [0, 0.1) is 15.9 Å². The Morgan fingerprint density at radius 1 is 1.26 bits per heavy atom. The van der Waals surface area contributed by atoms with Crippen LogP contribution in [0.3, 0.4) is 0 Å². The minimum absolute atomic E-state index is 0.0102. The van der Waals surface area contributed by atoms with Crippen LogP contribution in [-0.2, 0) is 4.79 Å². The van der Waals surface area contributed by atoms with Gasteiger partial charge in [0.15, 0.2) is 6.61 Å². The number of carbonyl (C=O) groups excluding carboxylic acids is 1. The van der Waals surface area contributed by atoms with Crippen LogP contribution in [0.5, 0.6) is 5.75 Å². The maximum absolute atomic E-state index is 13.9. The third-order valence-corrected chi connectivity index (χ3v) is 6.40. The Morgan fingerprint density at radius 3 is 2.74 bits per heavy atom. The van der Waals surface area contributed by atoms with E-state index in [-0.39, 0.29) is 28.6 Å². The Hall–Kier alpha value is -4.45. The number of anilines is 1. The molecule has 0 fully saturated rings. The van der Waals surface area contributed by atoms with Gasteiger partial charge in [-0.3, -0.25) is 19.7 Å². The zero-order chi connectivity index (χ0) is 28.1. The first kappa shape index (κ1) is 27.6. The number of aromatic nitrogens is 2. The van der Waals surface area contributed by atoms with E-state index in [9.17, 15) is 24.1 Å². The molecule has 1 atom stereocenters. The van der Waals surface area contributed by atoms with Crippen LogP contribution in [0.25, 0.3) is 10.9 Å². The maximum Gasteiger partial charge on any atom is 0.282 e. The molecule has 0 aliphatic heterocycles. The fourth-order valence-electron chi connectivity index (χ4n) is 3.67. The summed E-state index contributed by atoms with van der Waals surface area (Å²) < 4.78 is 21.3. The molecule has 39 heavy (non-hydrogen) atoms. The summed E-state index contributed by atoms with van der Waals surface area (Å²) in [6.07, 6.45) is 1.93. The summed E-state index contributed by atoms with van der Waals surface area (Å²) in [7, 11) is 0. The van der Waals surface area contributed by atoms with Gasteiger partial charge in [-0.25, -0.2) is 9.37 Å². The first-order chi connectivity index (χ1) is 18.7. The molecule has 0 aliphatic rings. The van der Waals surface area contributed by atoms with Crippen molar-refractivity contribution in [3.63, 3.8) is 0 Å². The van der Waals surface area contributed by atoms with Crippen molar-refractivity contribution in [1.29, 1.82) is 0 Å². The molecule has 10 nitrogen and oxygen atoms in total. The predicted octanol–water partition coefficient (Wildman–Crippen LogP) is 5.62. The summed E-state index contributed by atoms with van der Waals surface area (Å²) in [6, 6.07) is 14.6. The van der Waals surface area contributed by atoms with Gasteiger partial charge < -0.3 is 10.1 Å². The lowest BCUT2D eigenvalue weighted by atomic mass is 10.1. The lowest BCUT2D eigenvalue weighted by molar-refractivity contribution is -0.384. The molecule has 0 saturated carbocycles. The number of para-hydroxylation sites is 1. The number of fused-ring (bicyclic) bond motifs is 1. The fraction of sp³-hybridized carbons (Fsp3) is 0.185. The minimum atomic E-state index is -0.638. The average molecular weight is 596 g/mol. The van der Waals surface area contributed by atoms with E-state index in [0.29, 0.717) is 27.6 Å². The van der Waals surface area contributed by atoms with Crippen molar-refractivity contribution in [2.75, 3.05) is 11.9 Å². The van der Waals surface area contributed by atoms with Gasteiger partial charge in [0.25, 0.3) is 17.2 Å². The van der Waals surface area contributed by atoms with Crippen LogP contribution in [0.2, 0.25) is 0 Å². The molecular weight excluding hydrogens is 573 g/mol. The second-order valence-corrected chi connectivity index (χ2v) is 9.51. The number of nitro groups is 1. The molecule has 0 radical (unpaired) electrons. The van der Waals surface area contributed by atoms with Gasteiger partial charge in [0, 0.05) is 28.1 Å². The summed E-state index contributed by atoms with van der Waals surface area (Å²) in [5.41, 5.74) is 0.00748. The van der Waals surface area contributed by atoms with E-state index in [0.717, 1.165) is 4.68 Å². The molecule has 3 aromatic carbocycles. The topological polar surface area (TPSA) is 129 Å². The average Bonchev–Trinajstić information content (AvgIpc) is 2.92. The summed E-state index contributed by atoms with van der Waals surface area (Å²) in [5, 5.41) is 18.5. The largest absolute Gasteiger partial charge is 0.483 e. The number of ether oxygens (including phenoxy) is 1. The Bertz CT molecular complexity index is 1660. The fourth-order valence-corrected chi connectivity index (χ4v) is 4.03. The summed E-state index contributed by atoms with van der Waals surface area (Å²) in [6.45, 7) is 3.36. The second-order valence-electron chi connectivity index (χ2n) is 8.60. The van der Waals surface area contributed by atoms with Crippen LogP contribution in [0.15, 0.2) is 75.0 Å². The molecule has 0 aliphatic carbocycles. The highest BCUT2D eigenvalue weighted by Crippen LogP contribution is 2.24. The zero-order valence-electron chi connectivity index (χ0n) is 20.9. The molecule has 12 heteroatoms. The van der Waals surface area contributed by atoms with Gasteiger partial charge in [-0.2, -0.15) is 9.78 Å². The van der Waals surface area contributed by atoms with E-state index < -0.39 is 28.8 Å². The first-order valence-corrected chi connectivity index (χ1v) is 12.7. The molecular formula is C27H23BrFN5O5. The number of non-ortho nitro benzene ring substituents is 1. The minimum Gasteiger partial charge on any atom is -0.483 e. The highest BCUT2D eigenvalue weighted by molar-refractivity contribution is 9.10. The van der Waals surface area contributed by atoms with Gasteiger partial charge >= 0.3 is 0 Å². The van der Waals surface area contributed by atoms with E-state index in [1.807, 2.05) is 13.8 Å². The van der Waals surface area contributed by atoms with Crippen molar-refractivity contribution in [2.45, 2.75) is 26.2 Å². The van der Waals surface area contributed by atoms with Gasteiger partial charge in [0.1, 0.15) is 17.4 Å². The van der Waals surface area contributed by atoms with E-state index in [1.165, 1.54) is 42.6 Å². The van der Waals surface area contributed by atoms with Crippen molar-refractivity contribution in [3.05, 3.63) is 103 Å². The number of halogens is 2. The normalized spacial score (nSPS) is 12.0. The number of benzene rings is 3. The Labute approximate surface area is 230 Å². The van der Waals surface area contributed by atoms with Crippen LogP contribution < -0.4 is 15.6 Å². The van der Waals surface area contributed by atoms with E-state index >= 15 is 0 Å². The Morgan fingerprint density at radius 2 is 2.03 bits per heavy atom. The molecule has 1 N–H and O–H groups in total. The number of nitrogens with zero attached hydrogens (tertiary/aromatic N) is 4. The molecule has 1 heterocycles. The Balaban J connectivity index is 1.70. The SMILES string of the molecule is CC[C@H](C)c1nc2ccc(Br)cc2c(=O)n1N=Cc1cc([N+](=O)[O-])ccc1OCC(=O)Nc1ccccc1F. The van der Waals surface area contributed by atoms with Crippen molar-refractivity contribution >= 4 is 50.3 Å². The lowest BCUT2D eigenvalue weighted by Crippen LogP contribution is -2.24. The second kappa shape index (κ2) is 11.9. The molecule has 1 aromatic heterocycles. The summed E-state index contributed by atoms with van der Waals surface area (Å²) in [5.74, 6) is -0.840. The van der Waals surface area contributed by atoms with Crippen molar-refractivity contribution < 1.29 is 18.8 Å². The molecule has 0 spiro atoms. The van der Waals surface area contributed by atoms with Gasteiger partial charge in [-0.1, -0.05) is 41.9 Å². The summed E-state index contributed by atoms with van der Waals surface area (Å²) in [4.78, 5) is 41.2. The molecule has 200 valence electrons. The lowest BCUT2D eigenvalue weighted by Gasteiger charge is -2.14.